The fraction of sp³-hybridized carbons (Fsp3) is 0.286. The first kappa shape index (κ1) is 22.2. The van der Waals surface area contributed by atoms with Gasteiger partial charge >= 0.3 is 5.97 Å². The minimum absolute atomic E-state index is 0.0583. The number of aromatic nitrogens is 2. The van der Waals surface area contributed by atoms with Crippen LogP contribution in [0.5, 0.6) is 0 Å². The highest BCUT2D eigenvalue weighted by molar-refractivity contribution is 7.15. The molecule has 1 amide bonds. The van der Waals surface area contributed by atoms with E-state index in [0.717, 1.165) is 37.3 Å². The number of hydrogen-bond donors (Lipinski definition) is 3. The van der Waals surface area contributed by atoms with E-state index in [-0.39, 0.29) is 16.3 Å². The van der Waals surface area contributed by atoms with E-state index in [4.69, 9.17) is 5.73 Å². The van der Waals surface area contributed by atoms with Gasteiger partial charge in [0.05, 0.1) is 6.20 Å². The Morgan fingerprint density at radius 1 is 1.32 bits per heavy atom. The molecular formula is C21H24N6O3S. The molecule has 2 aromatic heterocycles. The number of nitrogens with one attached hydrogen (secondary N) is 1. The molecule has 31 heavy (non-hydrogen) atoms. The molecule has 0 radical (unpaired) electrons. The number of carbonyl (C=O) groups excluding carboxylic acids is 1. The number of thiophene rings is 1. The van der Waals surface area contributed by atoms with Crippen molar-refractivity contribution in [2.75, 3.05) is 18.4 Å². The first-order chi connectivity index (χ1) is 14.9. The van der Waals surface area contributed by atoms with Crippen LogP contribution in [0.1, 0.15) is 52.6 Å². The lowest BCUT2D eigenvalue weighted by molar-refractivity contribution is 0.0698. The number of aliphatic imine (C=N–C) groups is 1. The maximum Gasteiger partial charge on any atom is 0.339 e. The number of likely N-dealkylation sites (tertiary alicyclic amines) is 1. The molecule has 1 saturated heterocycles. The van der Waals surface area contributed by atoms with Crippen molar-refractivity contribution in [3.8, 4) is 0 Å². The number of amides is 1. The Hall–Kier alpha value is -3.53. The maximum absolute atomic E-state index is 12.4. The van der Waals surface area contributed by atoms with Crippen molar-refractivity contribution in [1.82, 2.24) is 14.9 Å². The highest BCUT2D eigenvalue weighted by Gasteiger charge is 2.23. The Bertz CT molecular complexity index is 1030. The van der Waals surface area contributed by atoms with Crippen molar-refractivity contribution in [2.45, 2.75) is 26.2 Å². The molecule has 0 saturated carbocycles. The van der Waals surface area contributed by atoms with Crippen LogP contribution in [-0.2, 0) is 0 Å². The molecule has 9 nitrogen and oxygen atoms in total. The lowest BCUT2D eigenvalue weighted by atomic mass is 10.0. The zero-order valence-electron chi connectivity index (χ0n) is 17.2. The van der Waals surface area contributed by atoms with Crippen molar-refractivity contribution in [3.63, 3.8) is 0 Å². The number of carboxylic acid groups (broad SMARTS) is 1. The molecule has 0 aliphatic carbocycles. The zero-order chi connectivity index (χ0) is 22.4. The average molecular weight is 441 g/mol. The van der Waals surface area contributed by atoms with Crippen molar-refractivity contribution < 1.29 is 14.7 Å². The molecule has 162 valence electrons. The second-order valence-electron chi connectivity index (χ2n) is 7.02. The number of nitrogens with two attached hydrogens (primary N) is 1. The van der Waals surface area contributed by atoms with Gasteiger partial charge < -0.3 is 21.1 Å². The number of piperidine rings is 1. The van der Waals surface area contributed by atoms with Gasteiger partial charge in [-0.05, 0) is 26.2 Å². The first-order valence-electron chi connectivity index (χ1n) is 9.75. The average Bonchev–Trinajstić information content (AvgIpc) is 3.18. The number of hydrogen-bond acceptors (Lipinski definition) is 8. The van der Waals surface area contributed by atoms with Gasteiger partial charge in [-0.3, -0.25) is 9.78 Å². The fourth-order valence-electron chi connectivity index (χ4n) is 3.20. The maximum atomic E-state index is 12.4. The Morgan fingerprint density at radius 2 is 2.06 bits per heavy atom. The van der Waals surface area contributed by atoms with Gasteiger partial charge in [0.25, 0.3) is 5.91 Å². The summed E-state index contributed by atoms with van der Waals surface area (Å²) in [4.78, 5) is 38.8. The summed E-state index contributed by atoms with van der Waals surface area (Å²) >= 11 is 1.09. The summed E-state index contributed by atoms with van der Waals surface area (Å²) in [7, 11) is 0. The molecule has 0 bridgehead atoms. The summed E-state index contributed by atoms with van der Waals surface area (Å²) in [6, 6.07) is 0. The van der Waals surface area contributed by atoms with Crippen LogP contribution in [0.4, 0.5) is 5.00 Å². The number of aromatic carboxylic acids is 1. The molecule has 1 fully saturated rings. The van der Waals surface area contributed by atoms with Gasteiger partial charge in [0.2, 0.25) is 0 Å². The lowest BCUT2D eigenvalue weighted by Gasteiger charge is -2.28. The van der Waals surface area contributed by atoms with E-state index in [1.54, 1.807) is 12.3 Å². The standard InChI is InChI=1S/C21H24N6O3S/c1-13(22)15(10-25-14(2)27-8-4-3-5-9-27)16-12-31-20(18(16)21(29)30)26-19(28)17-11-23-6-7-24-17/h6-7,10-12H,2-5,8-9,22H2,1H3,(H,26,28)(H,29,30)/b15-13+,25-10-. The van der Waals surface area contributed by atoms with Crippen molar-refractivity contribution >= 4 is 40.0 Å². The van der Waals surface area contributed by atoms with E-state index in [2.05, 4.69) is 31.8 Å². The highest BCUT2D eigenvalue weighted by Crippen LogP contribution is 2.33. The monoisotopic (exact) mass is 440 g/mol. The Balaban J connectivity index is 1.88. The van der Waals surface area contributed by atoms with E-state index in [9.17, 15) is 14.7 Å². The lowest BCUT2D eigenvalue weighted by Crippen LogP contribution is -2.27. The summed E-state index contributed by atoms with van der Waals surface area (Å²) in [5.74, 6) is -1.12. The minimum Gasteiger partial charge on any atom is -0.478 e. The van der Waals surface area contributed by atoms with Crippen LogP contribution in [-0.4, -0.2) is 51.2 Å². The predicted molar refractivity (Wildman–Crippen MR) is 121 cm³/mol. The second kappa shape index (κ2) is 9.98. The summed E-state index contributed by atoms with van der Waals surface area (Å²) in [6.07, 6.45) is 9.05. The number of anilines is 1. The van der Waals surface area contributed by atoms with Gasteiger partial charge in [-0.1, -0.05) is 6.58 Å². The van der Waals surface area contributed by atoms with E-state index in [0.29, 0.717) is 22.7 Å². The number of nitrogens with zero attached hydrogens (tertiary/aromatic N) is 4. The molecule has 1 aliphatic rings. The van der Waals surface area contributed by atoms with Crippen molar-refractivity contribution in [2.24, 2.45) is 10.7 Å². The number of rotatable bonds is 7. The van der Waals surface area contributed by atoms with E-state index < -0.39 is 11.9 Å². The molecule has 2 aromatic rings. The molecule has 0 spiro atoms. The van der Waals surface area contributed by atoms with E-state index in [1.165, 1.54) is 31.2 Å². The molecule has 0 aromatic carbocycles. The molecular weight excluding hydrogens is 416 g/mol. The summed E-state index contributed by atoms with van der Waals surface area (Å²) in [5.41, 5.74) is 7.33. The largest absolute Gasteiger partial charge is 0.478 e. The van der Waals surface area contributed by atoms with Crippen LogP contribution in [0.15, 0.2) is 47.1 Å². The topological polar surface area (TPSA) is 134 Å². The fourth-order valence-corrected chi connectivity index (χ4v) is 4.15. The SMILES string of the molecule is C=C(/N=C\C(=C(\C)N)c1csc(NC(=O)c2cnccn2)c1C(=O)O)N1CCCCC1. The molecule has 0 atom stereocenters. The van der Waals surface area contributed by atoms with Crippen LogP contribution >= 0.6 is 11.3 Å². The molecule has 0 unspecified atom stereocenters. The van der Waals surface area contributed by atoms with Gasteiger partial charge in [-0.25, -0.2) is 14.8 Å². The third-order valence-corrected chi connectivity index (χ3v) is 5.70. The number of carboxylic acids is 1. The number of allylic oxidation sites excluding steroid dienone is 2. The van der Waals surface area contributed by atoms with Gasteiger partial charge in [-0.2, -0.15) is 0 Å². The third kappa shape index (κ3) is 5.34. The summed E-state index contributed by atoms with van der Waals surface area (Å²) in [5, 5.41) is 14.2. The molecule has 3 rings (SSSR count). The Morgan fingerprint density at radius 3 is 2.68 bits per heavy atom. The van der Waals surface area contributed by atoms with Gasteiger partial charge in [0.1, 0.15) is 22.1 Å². The Kier molecular flexibility index (Phi) is 7.14. The quantitative estimate of drug-likeness (QED) is 0.563. The van der Waals surface area contributed by atoms with Crippen LogP contribution in [0.3, 0.4) is 0 Å². The van der Waals surface area contributed by atoms with Gasteiger partial charge in [0.15, 0.2) is 0 Å². The van der Waals surface area contributed by atoms with Crippen LogP contribution in [0, 0.1) is 0 Å². The van der Waals surface area contributed by atoms with Crippen LogP contribution in [0.2, 0.25) is 0 Å². The first-order valence-corrected chi connectivity index (χ1v) is 10.6. The summed E-state index contributed by atoms with van der Waals surface area (Å²) in [6.45, 7) is 7.49. The van der Waals surface area contributed by atoms with Gasteiger partial charge in [0, 0.05) is 53.9 Å². The summed E-state index contributed by atoms with van der Waals surface area (Å²) < 4.78 is 0. The van der Waals surface area contributed by atoms with Crippen molar-refractivity contribution in [1.29, 1.82) is 0 Å². The zero-order valence-corrected chi connectivity index (χ0v) is 18.0. The van der Waals surface area contributed by atoms with Crippen LogP contribution in [0.25, 0.3) is 5.57 Å². The van der Waals surface area contributed by atoms with Crippen molar-refractivity contribution in [3.05, 3.63) is 58.9 Å². The minimum atomic E-state index is -1.19. The normalized spacial score (nSPS) is 14.9. The highest BCUT2D eigenvalue weighted by atomic mass is 32.1. The van der Waals surface area contributed by atoms with E-state index in [1.807, 2.05) is 0 Å². The molecule has 3 heterocycles. The van der Waals surface area contributed by atoms with Crippen LogP contribution < -0.4 is 11.1 Å². The Labute approximate surface area is 184 Å². The molecule has 4 N–H and O–H groups in total. The predicted octanol–water partition coefficient (Wildman–Crippen LogP) is 3.21. The smallest absolute Gasteiger partial charge is 0.339 e. The second-order valence-corrected chi connectivity index (χ2v) is 7.90. The third-order valence-electron chi connectivity index (χ3n) is 4.81. The molecule has 1 aliphatic heterocycles. The molecule has 10 heteroatoms. The number of carbonyl (C=O) groups is 2. The van der Waals surface area contributed by atoms with E-state index >= 15 is 0 Å². The van der Waals surface area contributed by atoms with Gasteiger partial charge in [-0.15, -0.1) is 11.3 Å².